The van der Waals surface area contributed by atoms with E-state index in [0.717, 1.165) is 10.6 Å². The summed E-state index contributed by atoms with van der Waals surface area (Å²) in [7, 11) is 0. The van der Waals surface area contributed by atoms with Crippen molar-refractivity contribution in [2.24, 2.45) is 0 Å². The number of aromatic nitrogens is 2. The van der Waals surface area contributed by atoms with Gasteiger partial charge in [-0.2, -0.15) is 4.98 Å². The van der Waals surface area contributed by atoms with E-state index in [-0.39, 0.29) is 18.3 Å². The molecule has 0 aliphatic rings. The number of nitrogens with zero attached hydrogens (tertiary/aromatic N) is 2. The molecule has 1 heterocycles. The standard InChI is InChI=1S/C21H21F3N4O2S/c1-31-18-9-3-2-8-16(18)26-19-13-17(27-20(28-19)25-10-5-11-29)14-6-4-7-15(12-14)30-21(22,23)24/h2-4,6-9,12-13,29H,5,10-11H2,1H3,(H2,25,26,27,28). The number of benzene rings is 2. The topological polar surface area (TPSA) is 79.3 Å². The van der Waals surface area contributed by atoms with E-state index in [2.05, 4.69) is 25.3 Å². The third-order valence-electron chi connectivity index (χ3n) is 4.08. The molecule has 0 atom stereocenters. The molecule has 0 aliphatic heterocycles. The van der Waals surface area contributed by atoms with Crippen molar-refractivity contribution in [3.05, 3.63) is 54.6 Å². The van der Waals surface area contributed by atoms with Crippen molar-refractivity contribution in [2.75, 3.05) is 30.0 Å². The molecule has 3 N–H and O–H groups in total. The third-order valence-corrected chi connectivity index (χ3v) is 4.87. The smallest absolute Gasteiger partial charge is 0.406 e. The van der Waals surface area contributed by atoms with Crippen LogP contribution in [0.5, 0.6) is 5.75 Å². The molecule has 0 aliphatic carbocycles. The first-order valence-corrected chi connectivity index (χ1v) is 10.6. The summed E-state index contributed by atoms with van der Waals surface area (Å²) in [4.78, 5) is 9.87. The van der Waals surface area contributed by atoms with Gasteiger partial charge < -0.3 is 20.5 Å². The van der Waals surface area contributed by atoms with Crippen LogP contribution in [-0.4, -0.2) is 40.8 Å². The number of alkyl halides is 3. The number of rotatable bonds is 9. The number of ether oxygens (including phenoxy) is 1. The Kier molecular flexibility index (Phi) is 7.59. The van der Waals surface area contributed by atoms with Gasteiger partial charge in [0, 0.05) is 29.7 Å². The monoisotopic (exact) mass is 450 g/mol. The van der Waals surface area contributed by atoms with Crippen LogP contribution in [0.25, 0.3) is 11.3 Å². The van der Waals surface area contributed by atoms with Gasteiger partial charge in [-0.1, -0.05) is 24.3 Å². The number of aliphatic hydroxyl groups is 1. The van der Waals surface area contributed by atoms with Crippen LogP contribution >= 0.6 is 11.8 Å². The van der Waals surface area contributed by atoms with Crippen LogP contribution in [0.1, 0.15) is 6.42 Å². The molecular formula is C21H21F3N4O2S. The molecule has 0 saturated carbocycles. The number of aliphatic hydroxyl groups excluding tert-OH is 1. The van der Waals surface area contributed by atoms with E-state index in [4.69, 9.17) is 5.11 Å². The highest BCUT2D eigenvalue weighted by Gasteiger charge is 2.31. The molecule has 0 radical (unpaired) electrons. The van der Waals surface area contributed by atoms with E-state index >= 15 is 0 Å². The van der Waals surface area contributed by atoms with E-state index in [1.54, 1.807) is 23.9 Å². The van der Waals surface area contributed by atoms with Crippen LogP contribution in [0.15, 0.2) is 59.5 Å². The first-order chi connectivity index (χ1) is 14.9. The fraction of sp³-hybridized carbons (Fsp3) is 0.238. The zero-order chi connectivity index (χ0) is 22.3. The average molecular weight is 450 g/mol. The summed E-state index contributed by atoms with van der Waals surface area (Å²) < 4.78 is 41.8. The molecule has 3 rings (SSSR count). The Labute approximate surface area is 181 Å². The highest BCUT2D eigenvalue weighted by Crippen LogP contribution is 2.31. The van der Waals surface area contributed by atoms with Crippen LogP contribution in [-0.2, 0) is 0 Å². The second-order valence-electron chi connectivity index (χ2n) is 6.37. The van der Waals surface area contributed by atoms with Crippen LogP contribution < -0.4 is 15.4 Å². The lowest BCUT2D eigenvalue weighted by Crippen LogP contribution is -2.17. The van der Waals surface area contributed by atoms with Gasteiger partial charge in [-0.15, -0.1) is 24.9 Å². The maximum Gasteiger partial charge on any atom is 0.573 e. The molecule has 3 aromatic rings. The SMILES string of the molecule is CSc1ccccc1Nc1cc(-c2cccc(OC(F)(F)F)c2)nc(NCCCO)n1. The number of thioether (sulfide) groups is 1. The van der Waals surface area contributed by atoms with Crippen LogP contribution in [0.4, 0.5) is 30.6 Å². The van der Waals surface area contributed by atoms with Crippen LogP contribution in [0, 0.1) is 0 Å². The summed E-state index contributed by atoms with van der Waals surface area (Å²) in [5.74, 6) is 0.429. The minimum Gasteiger partial charge on any atom is -0.406 e. The van der Waals surface area contributed by atoms with Gasteiger partial charge in [-0.25, -0.2) is 4.98 Å². The molecule has 0 spiro atoms. The highest BCUT2D eigenvalue weighted by atomic mass is 32.2. The maximum absolute atomic E-state index is 12.6. The van der Waals surface area contributed by atoms with Gasteiger partial charge in [0.25, 0.3) is 0 Å². The van der Waals surface area contributed by atoms with Gasteiger partial charge in [0.15, 0.2) is 0 Å². The fourth-order valence-corrected chi connectivity index (χ4v) is 3.31. The molecule has 0 bridgehead atoms. The predicted molar refractivity (Wildman–Crippen MR) is 116 cm³/mol. The third kappa shape index (κ3) is 6.76. The first kappa shape index (κ1) is 22.7. The largest absolute Gasteiger partial charge is 0.573 e. The summed E-state index contributed by atoms with van der Waals surface area (Å²) >= 11 is 1.57. The molecular weight excluding hydrogens is 429 g/mol. The van der Waals surface area contributed by atoms with Crippen molar-refractivity contribution in [1.29, 1.82) is 0 Å². The normalized spacial score (nSPS) is 11.3. The lowest BCUT2D eigenvalue weighted by atomic mass is 10.1. The number of anilines is 3. The first-order valence-electron chi connectivity index (χ1n) is 9.38. The summed E-state index contributed by atoms with van der Waals surface area (Å²) in [6.07, 6.45) is -2.32. The zero-order valence-electron chi connectivity index (χ0n) is 16.6. The minimum absolute atomic E-state index is 0.00965. The van der Waals surface area contributed by atoms with Crippen molar-refractivity contribution < 1.29 is 23.0 Å². The predicted octanol–water partition coefficient (Wildman–Crippen LogP) is 5.30. The molecule has 0 unspecified atom stereocenters. The lowest BCUT2D eigenvalue weighted by Gasteiger charge is -2.14. The molecule has 0 fully saturated rings. The Morgan fingerprint density at radius 3 is 2.61 bits per heavy atom. The number of halogens is 3. The minimum atomic E-state index is -4.78. The molecule has 6 nitrogen and oxygen atoms in total. The summed E-state index contributed by atoms with van der Waals surface area (Å²) in [5, 5.41) is 15.3. The van der Waals surface area contributed by atoms with Crippen molar-refractivity contribution >= 4 is 29.2 Å². The molecule has 10 heteroatoms. The average Bonchev–Trinajstić information content (AvgIpc) is 2.73. The molecule has 2 aromatic carbocycles. The van der Waals surface area contributed by atoms with E-state index in [0.29, 0.717) is 30.0 Å². The van der Waals surface area contributed by atoms with E-state index in [9.17, 15) is 13.2 Å². The summed E-state index contributed by atoms with van der Waals surface area (Å²) in [6.45, 7) is 0.452. The van der Waals surface area contributed by atoms with Crippen molar-refractivity contribution in [2.45, 2.75) is 17.7 Å². The molecule has 1 aromatic heterocycles. The Morgan fingerprint density at radius 1 is 1.06 bits per heavy atom. The zero-order valence-corrected chi connectivity index (χ0v) is 17.4. The van der Waals surface area contributed by atoms with E-state index < -0.39 is 6.36 Å². The molecule has 0 saturated heterocycles. The highest BCUT2D eigenvalue weighted by molar-refractivity contribution is 7.98. The summed E-state index contributed by atoms with van der Waals surface area (Å²) in [5.41, 5.74) is 1.70. The Morgan fingerprint density at radius 2 is 1.87 bits per heavy atom. The fourth-order valence-electron chi connectivity index (χ4n) is 2.76. The van der Waals surface area contributed by atoms with Crippen LogP contribution in [0.2, 0.25) is 0 Å². The van der Waals surface area contributed by atoms with E-state index in [1.165, 1.54) is 18.2 Å². The lowest BCUT2D eigenvalue weighted by molar-refractivity contribution is -0.274. The Bertz CT molecular complexity index is 1020. The van der Waals surface area contributed by atoms with Crippen molar-refractivity contribution in [3.63, 3.8) is 0 Å². The van der Waals surface area contributed by atoms with Crippen LogP contribution in [0.3, 0.4) is 0 Å². The van der Waals surface area contributed by atoms with Gasteiger partial charge in [0.05, 0.1) is 11.4 Å². The number of nitrogens with one attached hydrogen (secondary N) is 2. The maximum atomic E-state index is 12.6. The number of para-hydroxylation sites is 1. The summed E-state index contributed by atoms with van der Waals surface area (Å²) in [6, 6.07) is 15.0. The van der Waals surface area contributed by atoms with Gasteiger partial charge >= 0.3 is 6.36 Å². The van der Waals surface area contributed by atoms with Gasteiger partial charge in [-0.05, 0) is 36.9 Å². The van der Waals surface area contributed by atoms with Gasteiger partial charge in [-0.3, -0.25) is 0 Å². The number of hydrogen-bond acceptors (Lipinski definition) is 7. The van der Waals surface area contributed by atoms with Crippen molar-refractivity contribution in [1.82, 2.24) is 9.97 Å². The quantitative estimate of drug-likeness (QED) is 0.301. The molecule has 31 heavy (non-hydrogen) atoms. The van der Waals surface area contributed by atoms with Gasteiger partial charge in [0.2, 0.25) is 5.95 Å². The second-order valence-corrected chi connectivity index (χ2v) is 7.21. The second kappa shape index (κ2) is 10.4. The Balaban J connectivity index is 1.96. The van der Waals surface area contributed by atoms with E-state index in [1.807, 2.05) is 30.5 Å². The Hall–Kier alpha value is -2.98. The number of hydrogen-bond donors (Lipinski definition) is 3. The molecule has 164 valence electrons. The molecule has 0 amide bonds. The van der Waals surface area contributed by atoms with Crippen molar-refractivity contribution in [3.8, 4) is 17.0 Å². The van der Waals surface area contributed by atoms with Gasteiger partial charge in [0.1, 0.15) is 11.6 Å².